The SMILES string of the molecule is [C-]#[N+]c1c[nH]n2ccnc2c1=O. The fourth-order valence-electron chi connectivity index (χ4n) is 0.969. The van der Waals surface area contributed by atoms with E-state index in [1.54, 1.807) is 6.20 Å². The number of imidazole rings is 1. The van der Waals surface area contributed by atoms with Crippen LogP contribution in [0.25, 0.3) is 10.5 Å². The van der Waals surface area contributed by atoms with Gasteiger partial charge in [-0.25, -0.2) is 14.3 Å². The summed E-state index contributed by atoms with van der Waals surface area (Å²) < 4.78 is 1.47. The van der Waals surface area contributed by atoms with Gasteiger partial charge in [-0.3, -0.25) is 4.79 Å². The molecule has 2 rings (SSSR count). The van der Waals surface area contributed by atoms with Gasteiger partial charge in [-0.05, 0) is 0 Å². The lowest BCUT2D eigenvalue weighted by molar-refractivity contribution is 0.933. The van der Waals surface area contributed by atoms with Crippen molar-refractivity contribution in [2.75, 3.05) is 0 Å². The van der Waals surface area contributed by atoms with Crippen LogP contribution in [-0.2, 0) is 0 Å². The van der Waals surface area contributed by atoms with Gasteiger partial charge in [0.1, 0.15) is 0 Å². The van der Waals surface area contributed by atoms with Gasteiger partial charge in [0.05, 0.1) is 6.57 Å². The zero-order chi connectivity index (χ0) is 8.55. The van der Waals surface area contributed by atoms with Gasteiger partial charge in [-0.2, -0.15) is 0 Å². The second-order valence-corrected chi connectivity index (χ2v) is 2.22. The molecule has 0 saturated heterocycles. The highest BCUT2D eigenvalue weighted by atomic mass is 16.1. The number of hydrogen-bond donors (Lipinski definition) is 1. The van der Waals surface area contributed by atoms with Crippen LogP contribution in [-0.4, -0.2) is 14.6 Å². The Hall–Kier alpha value is -2.09. The molecule has 0 bridgehead atoms. The molecule has 2 aromatic heterocycles. The highest BCUT2D eigenvalue weighted by Crippen LogP contribution is 2.02. The lowest BCUT2D eigenvalue weighted by atomic mass is 10.4. The fourth-order valence-corrected chi connectivity index (χ4v) is 0.969. The Morgan fingerprint density at radius 1 is 1.67 bits per heavy atom. The molecule has 0 aliphatic heterocycles. The van der Waals surface area contributed by atoms with Crippen molar-refractivity contribution in [1.82, 2.24) is 14.6 Å². The number of nitrogens with one attached hydrogen (secondary N) is 1. The second-order valence-electron chi connectivity index (χ2n) is 2.22. The molecule has 1 N–H and O–H groups in total. The number of nitrogens with zero attached hydrogens (tertiary/aromatic N) is 3. The van der Waals surface area contributed by atoms with Crippen molar-refractivity contribution in [2.24, 2.45) is 0 Å². The monoisotopic (exact) mass is 160 g/mol. The summed E-state index contributed by atoms with van der Waals surface area (Å²) in [5, 5.41) is 2.73. The Morgan fingerprint density at radius 2 is 2.50 bits per heavy atom. The maximum absolute atomic E-state index is 11.3. The molecule has 5 heteroatoms. The van der Waals surface area contributed by atoms with Crippen LogP contribution in [0, 0.1) is 6.57 Å². The summed E-state index contributed by atoms with van der Waals surface area (Å²) >= 11 is 0. The van der Waals surface area contributed by atoms with Gasteiger partial charge >= 0.3 is 0 Å². The van der Waals surface area contributed by atoms with Crippen LogP contribution < -0.4 is 5.43 Å². The topological polar surface area (TPSA) is 54.5 Å². The summed E-state index contributed by atoms with van der Waals surface area (Å²) in [6, 6.07) is 0. The molecule has 0 atom stereocenters. The van der Waals surface area contributed by atoms with Crippen LogP contribution in [0.15, 0.2) is 23.4 Å². The molecule has 12 heavy (non-hydrogen) atoms. The summed E-state index contributed by atoms with van der Waals surface area (Å²) in [6.45, 7) is 6.68. The molecular formula is C7H4N4O. The van der Waals surface area contributed by atoms with E-state index < -0.39 is 0 Å². The second kappa shape index (κ2) is 2.20. The molecule has 0 saturated carbocycles. The molecule has 2 heterocycles. The third kappa shape index (κ3) is 0.720. The van der Waals surface area contributed by atoms with Gasteiger partial charge in [0.15, 0.2) is 5.65 Å². The van der Waals surface area contributed by atoms with E-state index in [-0.39, 0.29) is 16.8 Å². The first-order valence-corrected chi connectivity index (χ1v) is 3.25. The number of aromatic nitrogens is 3. The van der Waals surface area contributed by atoms with Crippen LogP contribution in [0.4, 0.5) is 5.69 Å². The smallest absolute Gasteiger partial charge is 0.254 e. The predicted molar refractivity (Wildman–Crippen MR) is 42.1 cm³/mol. The van der Waals surface area contributed by atoms with Crippen molar-refractivity contribution in [3.05, 3.63) is 40.2 Å². The fraction of sp³-hybridized carbons (Fsp3) is 0. The average molecular weight is 160 g/mol. The van der Waals surface area contributed by atoms with E-state index in [4.69, 9.17) is 6.57 Å². The lowest BCUT2D eigenvalue weighted by Gasteiger charge is -1.92. The third-order valence-electron chi connectivity index (χ3n) is 1.54. The Labute approximate surface area is 67.1 Å². The standard InChI is InChI=1S/C7H4N4O/c1-8-5-4-10-11-3-2-9-7(11)6(5)12/h2-4,10H. The summed E-state index contributed by atoms with van der Waals surface area (Å²) in [5.74, 6) is 0. The number of aromatic amines is 1. The van der Waals surface area contributed by atoms with Crippen molar-refractivity contribution in [3.8, 4) is 0 Å². The van der Waals surface area contributed by atoms with Gasteiger partial charge in [-0.15, -0.1) is 0 Å². The van der Waals surface area contributed by atoms with Crippen molar-refractivity contribution in [2.45, 2.75) is 0 Å². The number of rotatable bonds is 0. The third-order valence-corrected chi connectivity index (χ3v) is 1.54. The summed E-state index contributed by atoms with van der Waals surface area (Å²) in [7, 11) is 0. The van der Waals surface area contributed by atoms with E-state index in [0.29, 0.717) is 0 Å². The van der Waals surface area contributed by atoms with E-state index >= 15 is 0 Å². The molecule has 0 radical (unpaired) electrons. The zero-order valence-corrected chi connectivity index (χ0v) is 5.98. The molecule has 0 unspecified atom stereocenters. The molecule has 0 fully saturated rings. The maximum atomic E-state index is 11.3. The molecule has 0 spiro atoms. The Kier molecular flexibility index (Phi) is 1.21. The van der Waals surface area contributed by atoms with Gasteiger partial charge < -0.3 is 5.10 Å². The molecule has 0 aromatic carbocycles. The maximum Gasteiger partial charge on any atom is 0.254 e. The highest BCUT2D eigenvalue weighted by Gasteiger charge is 2.03. The van der Waals surface area contributed by atoms with E-state index in [0.717, 1.165) is 0 Å². The van der Waals surface area contributed by atoms with Crippen molar-refractivity contribution in [1.29, 1.82) is 0 Å². The van der Waals surface area contributed by atoms with Crippen molar-refractivity contribution in [3.63, 3.8) is 0 Å². The summed E-state index contributed by atoms with van der Waals surface area (Å²) in [5.41, 5.74) is -0.0223. The van der Waals surface area contributed by atoms with E-state index in [9.17, 15) is 4.79 Å². The van der Waals surface area contributed by atoms with Crippen molar-refractivity contribution < 1.29 is 0 Å². The van der Waals surface area contributed by atoms with E-state index in [1.807, 2.05) is 0 Å². The number of fused-ring (bicyclic) bond motifs is 1. The average Bonchev–Trinajstić information content (AvgIpc) is 2.53. The van der Waals surface area contributed by atoms with Crippen LogP contribution in [0.5, 0.6) is 0 Å². The Morgan fingerprint density at radius 3 is 3.25 bits per heavy atom. The Balaban J connectivity index is 3.00. The molecular weight excluding hydrogens is 156 g/mol. The normalized spacial score (nSPS) is 9.92. The molecule has 0 amide bonds. The van der Waals surface area contributed by atoms with E-state index in [1.165, 1.54) is 16.9 Å². The quantitative estimate of drug-likeness (QED) is 0.573. The summed E-state index contributed by atoms with van der Waals surface area (Å²) in [6.07, 6.45) is 4.48. The largest absolute Gasteiger partial charge is 0.310 e. The summed E-state index contributed by atoms with van der Waals surface area (Å²) in [4.78, 5) is 18.2. The van der Waals surface area contributed by atoms with Crippen LogP contribution in [0.2, 0.25) is 0 Å². The van der Waals surface area contributed by atoms with Crippen molar-refractivity contribution >= 4 is 11.3 Å². The number of hydrogen-bond acceptors (Lipinski definition) is 2. The van der Waals surface area contributed by atoms with Crippen LogP contribution in [0.1, 0.15) is 0 Å². The first-order chi connectivity index (χ1) is 5.83. The minimum atomic E-state index is -0.339. The minimum absolute atomic E-state index is 0.0636. The molecule has 58 valence electrons. The van der Waals surface area contributed by atoms with Crippen LogP contribution in [0.3, 0.4) is 0 Å². The first-order valence-electron chi connectivity index (χ1n) is 3.25. The van der Waals surface area contributed by atoms with Gasteiger partial charge in [0, 0.05) is 18.6 Å². The lowest BCUT2D eigenvalue weighted by Crippen LogP contribution is -2.06. The minimum Gasteiger partial charge on any atom is -0.310 e. The van der Waals surface area contributed by atoms with Gasteiger partial charge in [-0.1, -0.05) is 0 Å². The highest BCUT2D eigenvalue weighted by molar-refractivity contribution is 5.52. The molecule has 0 aliphatic carbocycles. The predicted octanol–water partition coefficient (Wildman–Crippen LogP) is 0.573. The molecule has 5 nitrogen and oxygen atoms in total. The Bertz CT molecular complexity index is 516. The van der Waals surface area contributed by atoms with Gasteiger partial charge in [0.25, 0.3) is 5.69 Å². The molecule has 2 aromatic rings. The number of H-pyrrole nitrogens is 1. The first kappa shape index (κ1) is 6.61. The molecule has 0 aliphatic rings. The van der Waals surface area contributed by atoms with E-state index in [2.05, 4.69) is 14.9 Å². The van der Waals surface area contributed by atoms with Crippen LogP contribution >= 0.6 is 0 Å². The van der Waals surface area contributed by atoms with Gasteiger partial charge in [0.2, 0.25) is 5.43 Å². The zero-order valence-electron chi connectivity index (χ0n) is 5.98.